The summed E-state index contributed by atoms with van der Waals surface area (Å²) >= 11 is 0. The van der Waals surface area contributed by atoms with Gasteiger partial charge in [0.05, 0.1) is 11.4 Å². The monoisotopic (exact) mass is 293 g/mol. The zero-order chi connectivity index (χ0) is 15.5. The molecule has 0 radical (unpaired) electrons. The van der Waals surface area contributed by atoms with Crippen LogP contribution in [0.25, 0.3) is 5.70 Å². The maximum absolute atomic E-state index is 10.4. The molecule has 21 heavy (non-hydrogen) atoms. The van der Waals surface area contributed by atoms with Crippen LogP contribution in [-0.2, 0) is 4.74 Å². The normalized spacial score (nSPS) is 26.0. The van der Waals surface area contributed by atoms with Crippen LogP contribution in [0.3, 0.4) is 0 Å². The lowest BCUT2D eigenvalue weighted by Crippen LogP contribution is -2.42. The minimum absolute atomic E-state index is 0.172. The van der Waals surface area contributed by atoms with Gasteiger partial charge in [-0.2, -0.15) is 0 Å². The number of nitrogens with two attached hydrogens (primary N) is 1. The van der Waals surface area contributed by atoms with Gasteiger partial charge < -0.3 is 26.0 Å². The molecule has 5 N–H and O–H groups in total. The van der Waals surface area contributed by atoms with E-state index in [1.807, 2.05) is 6.92 Å². The number of fused-ring (bicyclic) bond motifs is 1. The third-order valence-electron chi connectivity index (χ3n) is 3.70. The maximum atomic E-state index is 10.4. The first-order valence-electron chi connectivity index (χ1n) is 7.12. The average Bonchev–Trinajstić information content (AvgIpc) is 2.50. The van der Waals surface area contributed by atoms with E-state index in [0.29, 0.717) is 23.5 Å². The second-order valence-corrected chi connectivity index (χ2v) is 5.33. The number of aliphatic hydroxyl groups is 2. The Balaban J connectivity index is 2.31. The fourth-order valence-electron chi connectivity index (χ4n) is 2.48. The van der Waals surface area contributed by atoms with Gasteiger partial charge in [0.1, 0.15) is 6.10 Å². The highest BCUT2D eigenvalue weighted by Gasteiger charge is 2.41. The largest absolute Gasteiger partial charge is 0.382 e. The van der Waals surface area contributed by atoms with Crippen LogP contribution in [-0.4, -0.2) is 40.7 Å². The molecule has 1 aromatic rings. The highest BCUT2D eigenvalue weighted by molar-refractivity contribution is 5.68. The van der Waals surface area contributed by atoms with Crippen molar-refractivity contribution >= 4 is 5.70 Å². The Labute approximate surface area is 124 Å². The van der Waals surface area contributed by atoms with Crippen LogP contribution in [0.2, 0.25) is 0 Å². The first kappa shape index (κ1) is 15.9. The van der Waals surface area contributed by atoms with Crippen molar-refractivity contribution in [3.63, 3.8) is 0 Å². The molecule has 116 valence electrons. The molecule has 0 bridgehead atoms. The minimum atomic E-state index is -1.76. The molecule has 0 amide bonds. The lowest BCUT2D eigenvalue weighted by Gasteiger charge is -2.35. The number of nitrogens with one attached hydrogen (secondary N) is 1. The highest BCUT2D eigenvalue weighted by Crippen LogP contribution is 2.37. The quantitative estimate of drug-likeness (QED) is 0.571. The van der Waals surface area contributed by atoms with E-state index in [2.05, 4.69) is 10.3 Å². The van der Waals surface area contributed by atoms with E-state index < -0.39 is 11.9 Å². The predicted octanol–water partition coefficient (Wildman–Crippen LogP) is 0.522. The molecule has 6 heteroatoms. The Hall–Kier alpha value is -1.47. The summed E-state index contributed by atoms with van der Waals surface area (Å²) in [5.74, 6) is -1.76. The molecular formula is C15H23N3O3. The Kier molecular flexibility index (Phi) is 4.95. The molecule has 1 aliphatic rings. The van der Waals surface area contributed by atoms with Crippen molar-refractivity contribution in [2.24, 2.45) is 5.73 Å². The molecule has 3 unspecified atom stereocenters. The Bertz CT molecular complexity index is 521. The lowest BCUT2D eigenvalue weighted by atomic mass is 9.91. The summed E-state index contributed by atoms with van der Waals surface area (Å²) in [5, 5.41) is 24.0. The molecule has 3 atom stereocenters. The predicted molar refractivity (Wildman–Crippen MR) is 80.0 cm³/mol. The number of hydrogen-bond donors (Lipinski definition) is 4. The minimum Gasteiger partial charge on any atom is -0.382 e. The molecule has 0 fully saturated rings. The topological polar surface area (TPSA) is 101 Å². The van der Waals surface area contributed by atoms with Crippen LogP contribution in [0, 0.1) is 0 Å². The van der Waals surface area contributed by atoms with Crippen molar-refractivity contribution in [2.75, 3.05) is 13.7 Å². The number of rotatable bonds is 6. The number of pyridine rings is 1. The number of methoxy groups -OCH3 is 1. The fraction of sp³-hybridized carbons (Fsp3) is 0.533. The van der Waals surface area contributed by atoms with E-state index in [0.717, 1.165) is 12.8 Å². The standard InChI is InChI=1S/C15H23N3O3/c1-10(5-3-7-16)18-12-9-15(20,21-2)14(19)11-6-4-8-17-13(11)12/h4,6,8-10,14,18-20H,3,5,7,16H2,1-2H3. The van der Waals surface area contributed by atoms with Crippen molar-refractivity contribution in [1.29, 1.82) is 0 Å². The highest BCUT2D eigenvalue weighted by atomic mass is 16.6. The molecule has 1 heterocycles. The van der Waals surface area contributed by atoms with Crippen molar-refractivity contribution in [2.45, 2.75) is 37.7 Å². The van der Waals surface area contributed by atoms with Crippen molar-refractivity contribution < 1.29 is 14.9 Å². The summed E-state index contributed by atoms with van der Waals surface area (Å²) in [7, 11) is 1.36. The smallest absolute Gasteiger partial charge is 0.218 e. The van der Waals surface area contributed by atoms with E-state index >= 15 is 0 Å². The number of hydrogen-bond acceptors (Lipinski definition) is 6. The van der Waals surface area contributed by atoms with E-state index in [4.69, 9.17) is 10.5 Å². The number of aliphatic hydroxyl groups excluding tert-OH is 1. The molecule has 6 nitrogen and oxygen atoms in total. The molecule has 1 aromatic heterocycles. The fourth-order valence-corrected chi connectivity index (χ4v) is 2.48. The van der Waals surface area contributed by atoms with E-state index in [-0.39, 0.29) is 6.04 Å². The number of aromatic nitrogens is 1. The first-order chi connectivity index (χ1) is 10.0. The van der Waals surface area contributed by atoms with Crippen LogP contribution in [0.15, 0.2) is 24.4 Å². The van der Waals surface area contributed by atoms with Crippen molar-refractivity contribution in [3.05, 3.63) is 35.7 Å². The summed E-state index contributed by atoms with van der Waals surface area (Å²) in [4.78, 5) is 4.30. The van der Waals surface area contributed by atoms with Gasteiger partial charge in [0.15, 0.2) is 0 Å². The summed E-state index contributed by atoms with van der Waals surface area (Å²) in [6.45, 7) is 2.68. The summed E-state index contributed by atoms with van der Waals surface area (Å²) < 4.78 is 5.08. The molecule has 0 saturated carbocycles. The van der Waals surface area contributed by atoms with Crippen LogP contribution in [0.4, 0.5) is 0 Å². The van der Waals surface area contributed by atoms with Gasteiger partial charge in [0, 0.05) is 31.0 Å². The van der Waals surface area contributed by atoms with E-state index in [1.165, 1.54) is 13.2 Å². The second kappa shape index (κ2) is 6.53. The Morgan fingerprint density at radius 2 is 2.33 bits per heavy atom. The van der Waals surface area contributed by atoms with Gasteiger partial charge in [-0.25, -0.2) is 0 Å². The number of nitrogens with zero attached hydrogens (tertiary/aromatic N) is 1. The maximum Gasteiger partial charge on any atom is 0.218 e. The molecule has 0 aromatic carbocycles. The van der Waals surface area contributed by atoms with Gasteiger partial charge in [0.25, 0.3) is 0 Å². The van der Waals surface area contributed by atoms with Crippen LogP contribution < -0.4 is 11.1 Å². The average molecular weight is 293 g/mol. The molecule has 1 aliphatic carbocycles. The molecule has 0 saturated heterocycles. The van der Waals surface area contributed by atoms with E-state index in [9.17, 15) is 10.2 Å². The summed E-state index contributed by atoms with van der Waals surface area (Å²) in [6.07, 6.45) is 3.78. The van der Waals surface area contributed by atoms with Gasteiger partial charge in [0.2, 0.25) is 5.79 Å². The van der Waals surface area contributed by atoms with Crippen LogP contribution in [0.1, 0.15) is 37.1 Å². The lowest BCUT2D eigenvalue weighted by molar-refractivity contribution is -0.212. The second-order valence-electron chi connectivity index (χ2n) is 5.33. The number of ether oxygens (including phenoxy) is 1. The zero-order valence-corrected chi connectivity index (χ0v) is 12.4. The summed E-state index contributed by atoms with van der Waals surface area (Å²) in [6, 6.07) is 3.63. The van der Waals surface area contributed by atoms with Gasteiger partial charge >= 0.3 is 0 Å². The van der Waals surface area contributed by atoms with Gasteiger partial charge in [-0.3, -0.25) is 4.98 Å². The van der Waals surface area contributed by atoms with Crippen molar-refractivity contribution in [1.82, 2.24) is 10.3 Å². The third-order valence-corrected chi connectivity index (χ3v) is 3.70. The molecule has 0 spiro atoms. The Morgan fingerprint density at radius 1 is 1.57 bits per heavy atom. The summed E-state index contributed by atoms with van der Waals surface area (Å²) in [5.41, 5.74) is 7.35. The SMILES string of the molecule is COC1(O)C=C(NC(C)CCCN)c2ncccc2C1O. The zero-order valence-electron chi connectivity index (χ0n) is 12.4. The first-order valence-corrected chi connectivity index (χ1v) is 7.12. The van der Waals surface area contributed by atoms with Gasteiger partial charge in [-0.15, -0.1) is 0 Å². The molecule has 0 aliphatic heterocycles. The van der Waals surface area contributed by atoms with Crippen molar-refractivity contribution in [3.8, 4) is 0 Å². The Morgan fingerprint density at radius 3 is 3.00 bits per heavy atom. The molecular weight excluding hydrogens is 270 g/mol. The van der Waals surface area contributed by atoms with Crippen LogP contribution in [0.5, 0.6) is 0 Å². The third kappa shape index (κ3) is 3.24. The van der Waals surface area contributed by atoms with Gasteiger partial charge in [-0.05, 0) is 32.4 Å². The van der Waals surface area contributed by atoms with Crippen LogP contribution >= 0.6 is 0 Å². The molecule has 2 rings (SSSR count). The van der Waals surface area contributed by atoms with E-state index in [1.54, 1.807) is 18.3 Å². The van der Waals surface area contributed by atoms with Gasteiger partial charge in [-0.1, -0.05) is 6.07 Å².